The number of hydrogen-bond acceptors (Lipinski definition) is 5. The van der Waals surface area contributed by atoms with Crippen molar-refractivity contribution < 1.29 is 9.42 Å². The van der Waals surface area contributed by atoms with Crippen molar-refractivity contribution in [3.63, 3.8) is 0 Å². The van der Waals surface area contributed by atoms with Gasteiger partial charge in [-0.1, -0.05) is 16.8 Å². The van der Waals surface area contributed by atoms with Gasteiger partial charge in [0.15, 0.2) is 0 Å². The van der Waals surface area contributed by atoms with Gasteiger partial charge in [-0.05, 0) is 43.0 Å². The van der Waals surface area contributed by atoms with Gasteiger partial charge < -0.3 is 5.32 Å². The Balaban J connectivity index is 2.32. The van der Waals surface area contributed by atoms with E-state index in [0.717, 1.165) is 10.5 Å². The molecule has 1 N–H and O–H groups in total. The van der Waals surface area contributed by atoms with Crippen molar-refractivity contribution in [3.8, 4) is 0 Å². The number of thioether (sulfide) groups is 1. The summed E-state index contributed by atoms with van der Waals surface area (Å²) in [6.07, 6.45) is 1.92. The molecule has 0 bridgehead atoms. The van der Waals surface area contributed by atoms with Gasteiger partial charge in [-0.2, -0.15) is 0 Å². The van der Waals surface area contributed by atoms with E-state index in [1.807, 2.05) is 13.2 Å². The number of hydrogen-bond donors (Lipinski definition) is 1. The molecule has 0 saturated carbocycles. The van der Waals surface area contributed by atoms with Crippen molar-refractivity contribution in [1.29, 1.82) is 0 Å². The van der Waals surface area contributed by atoms with Crippen molar-refractivity contribution in [1.82, 2.24) is 10.3 Å². The summed E-state index contributed by atoms with van der Waals surface area (Å²) in [5.74, 6) is 0.0633. The summed E-state index contributed by atoms with van der Waals surface area (Å²) in [5.41, 5.74) is 1.92. The van der Waals surface area contributed by atoms with Gasteiger partial charge in [0.2, 0.25) is 5.82 Å². The largest absolute Gasteiger partial charge is 0.302 e. The second kappa shape index (κ2) is 5.63. The van der Waals surface area contributed by atoms with Crippen molar-refractivity contribution in [2.24, 2.45) is 0 Å². The van der Waals surface area contributed by atoms with Gasteiger partial charge in [-0.25, -0.2) is 4.63 Å². The number of amides is 1. The number of nitrogens with zero attached hydrogens (tertiary/aromatic N) is 2. The molecule has 7 heteroatoms. The summed E-state index contributed by atoms with van der Waals surface area (Å²) < 4.78 is 4.54. The third kappa shape index (κ3) is 2.74. The second-order valence-electron chi connectivity index (χ2n) is 3.91. The number of nitrogens with one attached hydrogen (secondary N) is 1. The second-order valence-corrected chi connectivity index (χ2v) is 5.13. The highest BCUT2D eigenvalue weighted by molar-refractivity contribution is 7.98. The van der Waals surface area contributed by atoms with Gasteiger partial charge >= 0.3 is 0 Å². The first kappa shape index (κ1) is 13.9. The van der Waals surface area contributed by atoms with Crippen LogP contribution < -0.4 is 5.32 Å². The first-order chi connectivity index (χ1) is 9.04. The number of benzene rings is 1. The Morgan fingerprint density at radius 2 is 2.11 bits per heavy atom. The Kier molecular flexibility index (Phi) is 4.11. The first-order valence-corrected chi connectivity index (χ1v) is 7.08. The van der Waals surface area contributed by atoms with E-state index in [1.165, 1.54) is 11.8 Å². The van der Waals surface area contributed by atoms with E-state index in [-0.39, 0.29) is 5.91 Å². The van der Waals surface area contributed by atoms with Crippen LogP contribution in [0.1, 0.15) is 21.6 Å². The van der Waals surface area contributed by atoms with Crippen LogP contribution in [0, 0.1) is 13.8 Å². The highest BCUT2D eigenvalue weighted by atomic mass is 35.5. The van der Waals surface area contributed by atoms with E-state index in [2.05, 4.69) is 20.3 Å². The van der Waals surface area contributed by atoms with E-state index in [9.17, 15) is 4.79 Å². The molecule has 0 fully saturated rings. The Labute approximate surface area is 119 Å². The average Bonchev–Trinajstić information content (AvgIpc) is 2.75. The van der Waals surface area contributed by atoms with Crippen molar-refractivity contribution in [3.05, 3.63) is 34.0 Å². The molecule has 0 radical (unpaired) electrons. The molecule has 100 valence electrons. The number of carbonyl (C=O) groups excluding carboxylic acids is 1. The van der Waals surface area contributed by atoms with Gasteiger partial charge in [0, 0.05) is 10.5 Å². The maximum absolute atomic E-state index is 12.2. The number of rotatable bonds is 3. The lowest BCUT2D eigenvalue weighted by molar-refractivity contribution is 0.102. The molecule has 0 saturated heterocycles. The maximum Gasteiger partial charge on any atom is 0.257 e. The maximum atomic E-state index is 12.2. The van der Waals surface area contributed by atoms with Gasteiger partial charge in [0.1, 0.15) is 5.69 Å². The Hall–Kier alpha value is -1.53. The molecule has 2 rings (SSSR count). The summed E-state index contributed by atoms with van der Waals surface area (Å²) >= 11 is 7.59. The number of aromatic nitrogens is 2. The summed E-state index contributed by atoms with van der Waals surface area (Å²) in [6, 6.07) is 3.40. The Bertz CT molecular complexity index is 627. The zero-order chi connectivity index (χ0) is 14.0. The van der Waals surface area contributed by atoms with Crippen LogP contribution in [0.2, 0.25) is 5.02 Å². The normalized spacial score (nSPS) is 10.5. The molecular weight excluding hydrogens is 286 g/mol. The molecule has 0 aliphatic carbocycles. The number of anilines is 1. The lowest BCUT2D eigenvalue weighted by Crippen LogP contribution is -2.14. The van der Waals surface area contributed by atoms with Gasteiger partial charge in [0.25, 0.3) is 5.91 Å². The fourth-order valence-corrected chi connectivity index (χ4v) is 2.79. The SMILES string of the molecule is CSc1c(Cl)ccc(C(=O)Nc2nonc2C)c1C. The van der Waals surface area contributed by atoms with E-state index < -0.39 is 0 Å². The van der Waals surface area contributed by atoms with Gasteiger partial charge in [-0.15, -0.1) is 11.8 Å². The molecule has 1 heterocycles. The molecule has 1 aromatic heterocycles. The van der Waals surface area contributed by atoms with Crippen LogP contribution in [-0.4, -0.2) is 22.5 Å². The number of aryl methyl sites for hydroxylation is 1. The topological polar surface area (TPSA) is 68.0 Å². The Morgan fingerprint density at radius 3 is 2.68 bits per heavy atom. The highest BCUT2D eigenvalue weighted by Crippen LogP contribution is 2.31. The lowest BCUT2D eigenvalue weighted by atomic mass is 10.1. The monoisotopic (exact) mass is 297 g/mol. The minimum absolute atomic E-state index is 0.261. The molecule has 1 amide bonds. The summed E-state index contributed by atoms with van der Waals surface area (Å²) in [6.45, 7) is 3.56. The first-order valence-electron chi connectivity index (χ1n) is 5.48. The molecule has 0 aliphatic rings. The summed E-state index contributed by atoms with van der Waals surface area (Å²) in [7, 11) is 0. The van der Waals surface area contributed by atoms with Crippen LogP contribution in [0.3, 0.4) is 0 Å². The Morgan fingerprint density at radius 1 is 1.37 bits per heavy atom. The highest BCUT2D eigenvalue weighted by Gasteiger charge is 2.16. The van der Waals surface area contributed by atoms with Crippen LogP contribution >= 0.6 is 23.4 Å². The van der Waals surface area contributed by atoms with Gasteiger partial charge in [-0.3, -0.25) is 4.79 Å². The van der Waals surface area contributed by atoms with Crippen LogP contribution in [0.15, 0.2) is 21.7 Å². The molecule has 0 unspecified atom stereocenters. The molecule has 5 nitrogen and oxygen atoms in total. The van der Waals surface area contributed by atoms with Crippen molar-refractivity contribution >= 4 is 35.1 Å². The third-order valence-electron chi connectivity index (χ3n) is 2.69. The molecule has 19 heavy (non-hydrogen) atoms. The molecule has 0 aliphatic heterocycles. The zero-order valence-electron chi connectivity index (χ0n) is 10.7. The van der Waals surface area contributed by atoms with Crippen LogP contribution in [0.5, 0.6) is 0 Å². The fourth-order valence-electron chi connectivity index (χ4n) is 1.68. The number of carbonyl (C=O) groups is 1. The third-order valence-corrected chi connectivity index (χ3v) is 4.05. The molecular formula is C12H12ClN3O2S. The molecule has 2 aromatic rings. The van der Waals surface area contributed by atoms with E-state index in [4.69, 9.17) is 11.6 Å². The summed E-state index contributed by atoms with van der Waals surface area (Å²) in [4.78, 5) is 13.1. The predicted molar refractivity (Wildman–Crippen MR) is 75.0 cm³/mol. The van der Waals surface area contributed by atoms with Crippen molar-refractivity contribution in [2.45, 2.75) is 18.7 Å². The standard InChI is InChI=1S/C12H12ClN3O2S/c1-6-8(4-5-9(13)10(6)19-3)12(17)14-11-7(2)15-18-16-11/h4-5H,1-3H3,(H,14,16,17). The minimum Gasteiger partial charge on any atom is -0.302 e. The number of halogens is 1. The molecule has 0 atom stereocenters. The van der Waals surface area contributed by atoms with Crippen LogP contribution in [0.4, 0.5) is 5.82 Å². The van der Waals surface area contributed by atoms with E-state index >= 15 is 0 Å². The van der Waals surface area contributed by atoms with Gasteiger partial charge in [0.05, 0.1) is 5.02 Å². The quantitative estimate of drug-likeness (QED) is 0.880. The fraction of sp³-hybridized carbons (Fsp3) is 0.250. The lowest BCUT2D eigenvalue weighted by Gasteiger charge is -2.10. The zero-order valence-corrected chi connectivity index (χ0v) is 12.2. The molecule has 1 aromatic carbocycles. The van der Waals surface area contributed by atoms with Crippen LogP contribution in [-0.2, 0) is 0 Å². The minimum atomic E-state index is -0.261. The molecule has 0 spiro atoms. The predicted octanol–water partition coefficient (Wildman–Crippen LogP) is 3.31. The van der Waals surface area contributed by atoms with Crippen molar-refractivity contribution in [2.75, 3.05) is 11.6 Å². The average molecular weight is 298 g/mol. The van der Waals surface area contributed by atoms with E-state index in [0.29, 0.717) is 22.1 Å². The smallest absolute Gasteiger partial charge is 0.257 e. The van der Waals surface area contributed by atoms with Crippen LogP contribution in [0.25, 0.3) is 0 Å². The summed E-state index contributed by atoms with van der Waals surface area (Å²) in [5, 5.41) is 10.5. The van der Waals surface area contributed by atoms with E-state index in [1.54, 1.807) is 19.1 Å².